The highest BCUT2D eigenvalue weighted by molar-refractivity contribution is 5.97. The Labute approximate surface area is 304 Å². The summed E-state index contributed by atoms with van der Waals surface area (Å²) in [5, 5.41) is 0. The highest BCUT2D eigenvalue weighted by Crippen LogP contribution is 2.38. The second-order valence-corrected chi connectivity index (χ2v) is 12.8. The topological polar surface area (TPSA) is 38.4 Å². The zero-order valence-electron chi connectivity index (χ0n) is 28.9. The van der Waals surface area contributed by atoms with Crippen LogP contribution in [-0.4, -0.2) is 11.7 Å². The molecule has 0 spiro atoms. The van der Waals surface area contributed by atoms with Crippen LogP contribution in [0.3, 0.4) is 0 Å². The highest BCUT2D eigenvalue weighted by Gasteiger charge is 2.17. The van der Waals surface area contributed by atoms with Gasteiger partial charge in [-0.15, -0.1) is 0 Å². The van der Waals surface area contributed by atoms with Crippen molar-refractivity contribution in [2.24, 2.45) is 4.99 Å². The first-order chi connectivity index (χ1) is 25.6. The lowest BCUT2D eigenvalue weighted by molar-refractivity contribution is 0.620. The molecule has 0 aliphatic rings. The molecule has 0 aliphatic heterocycles. The van der Waals surface area contributed by atoms with E-state index in [1.807, 2.05) is 24.3 Å². The summed E-state index contributed by atoms with van der Waals surface area (Å²) in [6.45, 7) is 5.64. The van der Waals surface area contributed by atoms with Gasteiger partial charge in [0.05, 0.1) is 0 Å². The second kappa shape index (κ2) is 14.6. The van der Waals surface area contributed by atoms with E-state index in [2.05, 4.69) is 176 Å². The molecule has 1 heterocycles. The number of nitrogens with zero attached hydrogens (tertiary/aromatic N) is 2. The van der Waals surface area contributed by atoms with Crippen molar-refractivity contribution >= 4 is 23.4 Å². The lowest BCUT2D eigenvalue weighted by atomic mass is 9.94. The molecule has 0 radical (unpaired) electrons. The lowest BCUT2D eigenvalue weighted by Gasteiger charge is -2.10. The molecular formula is C49H36N2O. The van der Waals surface area contributed by atoms with Gasteiger partial charge in [-0.25, -0.2) is 4.98 Å². The first-order valence-electron chi connectivity index (χ1n) is 17.4. The molecule has 1 aromatic heterocycles. The molecular weight excluding hydrogens is 633 g/mol. The van der Waals surface area contributed by atoms with E-state index in [0.29, 0.717) is 5.89 Å². The normalized spacial score (nSPS) is 11.7. The summed E-state index contributed by atoms with van der Waals surface area (Å²) in [7, 11) is 0. The van der Waals surface area contributed by atoms with Crippen molar-refractivity contribution < 1.29 is 4.42 Å². The average molecular weight is 669 g/mol. The van der Waals surface area contributed by atoms with Crippen LogP contribution < -0.4 is 0 Å². The van der Waals surface area contributed by atoms with Crippen molar-refractivity contribution in [3.05, 3.63) is 194 Å². The van der Waals surface area contributed by atoms with E-state index < -0.39 is 0 Å². The van der Waals surface area contributed by atoms with Gasteiger partial charge < -0.3 is 4.42 Å². The fourth-order valence-electron chi connectivity index (χ4n) is 6.64. The SMILES string of the molecule is C=N/C=C\C=C(/C)c1cccc(-c2cc(-c3cccc(-c4ccccc4)c3)c3nc(-c4ccc(-c5cccc(-c6ccccc6)c5)cc4)oc3c2)c1. The molecule has 52 heavy (non-hydrogen) atoms. The van der Waals surface area contributed by atoms with Gasteiger partial charge in [-0.1, -0.05) is 133 Å². The number of benzene rings is 7. The summed E-state index contributed by atoms with van der Waals surface area (Å²) in [6.07, 6.45) is 5.64. The van der Waals surface area contributed by atoms with Crippen molar-refractivity contribution in [1.82, 2.24) is 4.98 Å². The number of hydrogen-bond donors (Lipinski definition) is 0. The summed E-state index contributed by atoms with van der Waals surface area (Å²) in [5.41, 5.74) is 16.0. The van der Waals surface area contributed by atoms with E-state index in [4.69, 9.17) is 9.40 Å². The maximum Gasteiger partial charge on any atom is 0.227 e. The smallest absolute Gasteiger partial charge is 0.227 e. The Hall–Kier alpha value is -6.84. The van der Waals surface area contributed by atoms with Crippen LogP contribution >= 0.6 is 0 Å². The molecule has 7 aromatic carbocycles. The van der Waals surface area contributed by atoms with Crippen molar-refractivity contribution in [2.75, 3.05) is 0 Å². The molecule has 0 unspecified atom stereocenters. The highest BCUT2D eigenvalue weighted by atomic mass is 16.3. The molecule has 0 bridgehead atoms. The Kier molecular flexibility index (Phi) is 9.06. The number of aliphatic imine (C=N–C) groups is 1. The van der Waals surface area contributed by atoms with Crippen molar-refractivity contribution in [3.8, 4) is 67.1 Å². The summed E-state index contributed by atoms with van der Waals surface area (Å²) in [4.78, 5) is 8.97. The van der Waals surface area contributed by atoms with E-state index in [0.717, 1.165) is 66.7 Å². The predicted molar refractivity (Wildman–Crippen MR) is 219 cm³/mol. The van der Waals surface area contributed by atoms with Crippen LogP contribution in [0.4, 0.5) is 0 Å². The van der Waals surface area contributed by atoms with Crippen LogP contribution in [0.1, 0.15) is 12.5 Å². The Bertz CT molecular complexity index is 2580. The fourth-order valence-corrected chi connectivity index (χ4v) is 6.64. The Morgan fingerprint density at radius 2 is 1.04 bits per heavy atom. The van der Waals surface area contributed by atoms with Crippen LogP contribution in [0.25, 0.3) is 83.8 Å². The minimum absolute atomic E-state index is 0.590. The molecule has 0 atom stereocenters. The molecule has 0 amide bonds. The van der Waals surface area contributed by atoms with Crippen LogP contribution in [-0.2, 0) is 0 Å². The minimum atomic E-state index is 0.590. The first-order valence-corrected chi connectivity index (χ1v) is 17.4. The largest absolute Gasteiger partial charge is 0.436 e. The van der Waals surface area contributed by atoms with Gasteiger partial charge in [0.15, 0.2) is 5.58 Å². The molecule has 0 aliphatic carbocycles. The van der Waals surface area contributed by atoms with Gasteiger partial charge in [0.2, 0.25) is 5.89 Å². The number of aromatic nitrogens is 1. The quantitative estimate of drug-likeness (QED) is 0.113. The molecule has 0 N–H and O–H groups in total. The Morgan fingerprint density at radius 3 is 1.67 bits per heavy atom. The third-order valence-electron chi connectivity index (χ3n) is 9.40. The van der Waals surface area contributed by atoms with Crippen LogP contribution in [0.2, 0.25) is 0 Å². The Balaban J connectivity index is 1.21. The Morgan fingerprint density at radius 1 is 0.519 bits per heavy atom. The standard InChI is InChI=1S/C49H36N2O/c1-34(13-12-28-50-2)39-18-9-22-43(29-39)45-32-46(44-23-11-21-42(31-44)36-16-7-4-8-17-36)48-47(33-45)52-49(51-48)38-26-24-37(25-27-38)41-20-10-19-40(30-41)35-14-5-3-6-15-35/h3-33H,2H2,1H3/b28-12-,34-13+. The van der Waals surface area contributed by atoms with Crippen molar-refractivity contribution in [1.29, 1.82) is 0 Å². The molecule has 0 saturated carbocycles. The second-order valence-electron chi connectivity index (χ2n) is 12.8. The summed E-state index contributed by atoms with van der Waals surface area (Å²) < 4.78 is 6.61. The van der Waals surface area contributed by atoms with Gasteiger partial charge in [0, 0.05) is 17.3 Å². The van der Waals surface area contributed by atoms with E-state index in [9.17, 15) is 0 Å². The van der Waals surface area contributed by atoms with E-state index in [-0.39, 0.29) is 0 Å². The molecule has 0 fully saturated rings. The van der Waals surface area contributed by atoms with Gasteiger partial charge in [0.1, 0.15) is 5.52 Å². The monoisotopic (exact) mass is 668 g/mol. The first kappa shape index (κ1) is 32.4. The van der Waals surface area contributed by atoms with Gasteiger partial charge in [0.25, 0.3) is 0 Å². The average Bonchev–Trinajstić information content (AvgIpc) is 3.66. The van der Waals surface area contributed by atoms with Crippen molar-refractivity contribution in [2.45, 2.75) is 6.92 Å². The number of rotatable bonds is 9. The maximum absolute atomic E-state index is 6.61. The molecule has 0 saturated heterocycles. The van der Waals surface area contributed by atoms with Gasteiger partial charge >= 0.3 is 0 Å². The predicted octanol–water partition coefficient (Wildman–Crippen LogP) is 13.4. The number of fused-ring (bicyclic) bond motifs is 1. The molecule has 8 rings (SSSR count). The number of oxazole rings is 1. The van der Waals surface area contributed by atoms with Gasteiger partial charge in [-0.3, -0.25) is 4.99 Å². The molecule has 8 aromatic rings. The fraction of sp³-hybridized carbons (Fsp3) is 0.0204. The molecule has 3 nitrogen and oxygen atoms in total. The zero-order chi connectivity index (χ0) is 35.3. The maximum atomic E-state index is 6.61. The molecule has 248 valence electrons. The van der Waals surface area contributed by atoms with E-state index >= 15 is 0 Å². The van der Waals surface area contributed by atoms with Crippen LogP contribution in [0.5, 0.6) is 0 Å². The van der Waals surface area contributed by atoms with Crippen LogP contribution in [0.15, 0.2) is 198 Å². The van der Waals surface area contributed by atoms with E-state index in [1.165, 1.54) is 16.7 Å². The van der Waals surface area contributed by atoms with E-state index in [1.54, 1.807) is 6.20 Å². The zero-order valence-corrected chi connectivity index (χ0v) is 28.9. The van der Waals surface area contributed by atoms with Crippen LogP contribution in [0, 0.1) is 0 Å². The number of hydrogen-bond acceptors (Lipinski definition) is 3. The summed E-state index contributed by atoms with van der Waals surface area (Å²) in [6, 6.07) is 59.7. The summed E-state index contributed by atoms with van der Waals surface area (Å²) >= 11 is 0. The minimum Gasteiger partial charge on any atom is -0.436 e. The van der Waals surface area contributed by atoms with Crippen molar-refractivity contribution in [3.63, 3.8) is 0 Å². The molecule has 3 heteroatoms. The third kappa shape index (κ3) is 6.81. The number of allylic oxidation sites excluding steroid dienone is 3. The summed E-state index contributed by atoms with van der Waals surface area (Å²) in [5.74, 6) is 0.590. The third-order valence-corrected chi connectivity index (χ3v) is 9.40. The van der Waals surface area contributed by atoms with Gasteiger partial charge in [-0.05, 0) is 123 Å². The lowest BCUT2D eigenvalue weighted by Crippen LogP contribution is -1.87. The van der Waals surface area contributed by atoms with Gasteiger partial charge in [-0.2, -0.15) is 0 Å².